The van der Waals surface area contributed by atoms with Crippen LogP contribution in [0.1, 0.15) is 6.42 Å². The average Bonchev–Trinajstić information content (AvgIpc) is 2.67. The van der Waals surface area contributed by atoms with Crippen LogP contribution in [-0.4, -0.2) is 25.4 Å². The number of hydrogen-bond donors (Lipinski definition) is 2. The molecule has 2 fully saturated rings. The Bertz CT molecular complexity index is 127. The molecule has 2 N–H and O–H groups in total. The van der Waals surface area contributed by atoms with Crippen LogP contribution in [-0.2, 0) is 0 Å². The first-order chi connectivity index (χ1) is 4.92. The van der Waals surface area contributed by atoms with Crippen LogP contribution in [0, 0.1) is 11.8 Å². The van der Waals surface area contributed by atoms with Gasteiger partial charge < -0.3 is 5.32 Å². The lowest BCUT2D eigenvalue weighted by molar-refractivity contribution is 0.419. The Labute approximate surface area is 66.3 Å². The lowest BCUT2D eigenvalue weighted by atomic mass is 10.1. The van der Waals surface area contributed by atoms with Crippen LogP contribution < -0.4 is 10.0 Å². The van der Waals surface area contributed by atoms with Gasteiger partial charge in [0, 0.05) is 12.6 Å². The van der Waals surface area contributed by atoms with Crippen molar-refractivity contribution >= 4 is 11.9 Å². The molecule has 3 heteroatoms. The molecule has 2 rings (SSSR count). The Morgan fingerprint density at radius 3 is 3.20 bits per heavy atom. The maximum absolute atomic E-state index is 3.44. The van der Waals surface area contributed by atoms with Gasteiger partial charge in [0.2, 0.25) is 0 Å². The highest BCUT2D eigenvalue weighted by molar-refractivity contribution is 7.96. The zero-order valence-electron chi connectivity index (χ0n) is 6.26. The van der Waals surface area contributed by atoms with Crippen molar-refractivity contribution in [2.45, 2.75) is 12.5 Å². The van der Waals surface area contributed by atoms with Crippen molar-refractivity contribution in [1.82, 2.24) is 10.0 Å². The predicted molar refractivity (Wildman–Crippen MR) is 44.9 cm³/mol. The van der Waals surface area contributed by atoms with Gasteiger partial charge in [0.25, 0.3) is 0 Å². The fraction of sp³-hybridized carbons (Fsp3) is 1.00. The first kappa shape index (κ1) is 6.95. The van der Waals surface area contributed by atoms with Gasteiger partial charge >= 0.3 is 0 Å². The summed E-state index contributed by atoms with van der Waals surface area (Å²) in [5.41, 5.74) is 0. The first-order valence-electron chi connectivity index (χ1n) is 3.91. The minimum atomic E-state index is 0.744. The lowest BCUT2D eigenvalue weighted by Gasteiger charge is -2.22. The highest BCUT2D eigenvalue weighted by Crippen LogP contribution is 2.42. The average molecular weight is 158 g/mol. The quantitative estimate of drug-likeness (QED) is 0.571. The molecule has 1 saturated heterocycles. The molecule has 2 nitrogen and oxygen atoms in total. The second kappa shape index (κ2) is 2.72. The predicted octanol–water partition coefficient (Wildman–Crippen LogP) is 0.462. The molecular formula is C7H14N2S. The zero-order chi connectivity index (χ0) is 6.97. The fourth-order valence-electron chi connectivity index (χ4n) is 1.85. The summed E-state index contributed by atoms with van der Waals surface area (Å²) in [6.07, 6.45) is 3.55. The van der Waals surface area contributed by atoms with E-state index in [1.807, 2.05) is 0 Å². The van der Waals surface area contributed by atoms with Crippen molar-refractivity contribution in [3.8, 4) is 0 Å². The van der Waals surface area contributed by atoms with E-state index in [1.54, 1.807) is 11.9 Å². The van der Waals surface area contributed by atoms with Crippen molar-refractivity contribution in [3.05, 3.63) is 0 Å². The molecule has 10 heavy (non-hydrogen) atoms. The topological polar surface area (TPSA) is 24.1 Å². The maximum Gasteiger partial charge on any atom is 0.0328 e. The van der Waals surface area contributed by atoms with Crippen molar-refractivity contribution in [2.75, 3.05) is 19.3 Å². The van der Waals surface area contributed by atoms with Crippen LogP contribution in [0.2, 0.25) is 0 Å². The van der Waals surface area contributed by atoms with Crippen LogP contribution in [0.3, 0.4) is 0 Å². The molecule has 0 radical (unpaired) electrons. The smallest absolute Gasteiger partial charge is 0.0328 e. The molecule has 0 aromatic carbocycles. The second-order valence-electron chi connectivity index (χ2n) is 3.25. The standard InChI is InChI=1S/C7H14N2S/c1-10-9-7-4-8-3-5-2-6(5)7/h5-9H,2-4H2,1H3/t5-,6-,7+/m1/s1. The van der Waals surface area contributed by atoms with Crippen LogP contribution in [0.15, 0.2) is 0 Å². The summed E-state index contributed by atoms with van der Waals surface area (Å²) in [6.45, 7) is 2.43. The molecule has 0 bridgehead atoms. The molecule has 1 heterocycles. The molecule has 2 aliphatic rings. The van der Waals surface area contributed by atoms with Crippen molar-refractivity contribution in [1.29, 1.82) is 0 Å². The van der Waals surface area contributed by atoms with Crippen molar-refractivity contribution < 1.29 is 0 Å². The molecule has 58 valence electrons. The third kappa shape index (κ3) is 1.18. The van der Waals surface area contributed by atoms with Crippen molar-refractivity contribution in [2.24, 2.45) is 11.8 Å². The van der Waals surface area contributed by atoms with Gasteiger partial charge in [0.15, 0.2) is 0 Å². The summed E-state index contributed by atoms with van der Waals surface area (Å²) in [5, 5.41) is 3.44. The van der Waals surface area contributed by atoms with Gasteiger partial charge in [-0.15, -0.1) is 0 Å². The highest BCUT2D eigenvalue weighted by Gasteiger charge is 2.44. The van der Waals surface area contributed by atoms with Gasteiger partial charge in [0.1, 0.15) is 0 Å². The number of piperidine rings is 1. The first-order valence-corrected chi connectivity index (χ1v) is 5.13. The Hall–Kier alpha value is 0.270. The summed E-state index contributed by atoms with van der Waals surface area (Å²) in [5.74, 6) is 1.99. The molecule has 1 saturated carbocycles. The minimum Gasteiger partial charge on any atom is -0.315 e. The van der Waals surface area contributed by atoms with Gasteiger partial charge in [-0.25, -0.2) is 0 Å². The normalized spacial score (nSPS) is 44.7. The number of hydrogen-bond acceptors (Lipinski definition) is 3. The lowest BCUT2D eigenvalue weighted by Crippen LogP contribution is -2.42. The number of rotatable bonds is 2. The van der Waals surface area contributed by atoms with Gasteiger partial charge in [-0.05, 0) is 31.1 Å². The third-order valence-corrected chi connectivity index (χ3v) is 3.07. The van der Waals surface area contributed by atoms with E-state index in [0.717, 1.165) is 17.9 Å². The third-order valence-electron chi connectivity index (χ3n) is 2.53. The summed E-state index contributed by atoms with van der Waals surface area (Å²) in [4.78, 5) is 0. The summed E-state index contributed by atoms with van der Waals surface area (Å²) in [7, 11) is 0. The van der Waals surface area contributed by atoms with E-state index < -0.39 is 0 Å². The van der Waals surface area contributed by atoms with Crippen LogP contribution in [0.25, 0.3) is 0 Å². The Balaban J connectivity index is 1.84. The number of fused-ring (bicyclic) bond motifs is 1. The Kier molecular flexibility index (Phi) is 1.89. The van der Waals surface area contributed by atoms with Crippen molar-refractivity contribution in [3.63, 3.8) is 0 Å². The molecular weight excluding hydrogens is 144 g/mol. The second-order valence-corrected chi connectivity index (χ2v) is 3.89. The van der Waals surface area contributed by atoms with Gasteiger partial charge in [-0.2, -0.15) is 0 Å². The van der Waals surface area contributed by atoms with Gasteiger partial charge in [-0.3, -0.25) is 4.72 Å². The Morgan fingerprint density at radius 2 is 2.40 bits per heavy atom. The van der Waals surface area contributed by atoms with E-state index in [4.69, 9.17) is 0 Å². The SMILES string of the molecule is CSN[C@H]1CNC[C@H]2C[C@H]21. The van der Waals surface area contributed by atoms with E-state index in [9.17, 15) is 0 Å². The molecule has 0 aromatic rings. The minimum absolute atomic E-state index is 0.744. The molecule has 0 spiro atoms. The molecule has 0 aromatic heterocycles. The van der Waals surface area contributed by atoms with Crippen LogP contribution in [0.4, 0.5) is 0 Å². The maximum atomic E-state index is 3.44. The number of nitrogens with one attached hydrogen (secondary N) is 2. The van der Waals surface area contributed by atoms with E-state index in [-0.39, 0.29) is 0 Å². The fourth-order valence-corrected chi connectivity index (χ4v) is 2.42. The zero-order valence-corrected chi connectivity index (χ0v) is 7.08. The molecule has 1 aliphatic heterocycles. The van der Waals surface area contributed by atoms with Gasteiger partial charge in [-0.1, -0.05) is 11.9 Å². The van der Waals surface area contributed by atoms with Gasteiger partial charge in [0.05, 0.1) is 0 Å². The highest BCUT2D eigenvalue weighted by atomic mass is 32.2. The molecule has 3 atom stereocenters. The monoisotopic (exact) mass is 158 g/mol. The van der Waals surface area contributed by atoms with E-state index in [0.29, 0.717) is 0 Å². The molecule has 1 aliphatic carbocycles. The molecule has 0 amide bonds. The van der Waals surface area contributed by atoms with E-state index in [2.05, 4.69) is 16.3 Å². The largest absolute Gasteiger partial charge is 0.315 e. The van der Waals surface area contributed by atoms with Crippen LogP contribution in [0.5, 0.6) is 0 Å². The molecule has 0 unspecified atom stereocenters. The summed E-state index contributed by atoms with van der Waals surface area (Å²) in [6, 6.07) is 0.744. The van der Waals surface area contributed by atoms with E-state index >= 15 is 0 Å². The van der Waals surface area contributed by atoms with E-state index in [1.165, 1.54) is 19.5 Å². The summed E-state index contributed by atoms with van der Waals surface area (Å²) < 4.78 is 3.43. The summed E-state index contributed by atoms with van der Waals surface area (Å²) >= 11 is 1.75. The Morgan fingerprint density at radius 1 is 1.50 bits per heavy atom. The van der Waals surface area contributed by atoms with Crippen LogP contribution >= 0.6 is 11.9 Å².